The topological polar surface area (TPSA) is 102 Å². The van der Waals surface area contributed by atoms with E-state index in [4.69, 9.17) is 5.41 Å². The van der Waals surface area contributed by atoms with Crippen LogP contribution in [-0.4, -0.2) is 58.6 Å². The molecule has 0 saturated carbocycles. The van der Waals surface area contributed by atoms with Gasteiger partial charge >= 0.3 is 0 Å². The van der Waals surface area contributed by atoms with Crippen LogP contribution in [0.5, 0.6) is 0 Å². The molecule has 0 atom stereocenters. The van der Waals surface area contributed by atoms with E-state index in [1.165, 1.54) is 25.5 Å². The quantitative estimate of drug-likeness (QED) is 0.484. The number of aromatic nitrogens is 2. The van der Waals surface area contributed by atoms with Gasteiger partial charge in [-0.25, -0.2) is 4.98 Å². The molecule has 1 aromatic carbocycles. The third kappa shape index (κ3) is 5.19. The number of nitrogens with zero attached hydrogens (tertiary/aromatic N) is 4. The molecule has 1 aliphatic carbocycles. The molecule has 2 aliphatic heterocycles. The molecule has 2 N–H and O–H groups in total. The van der Waals surface area contributed by atoms with Gasteiger partial charge in [0.2, 0.25) is 0 Å². The number of fused-ring (bicyclic) bond motifs is 1. The van der Waals surface area contributed by atoms with Crippen molar-refractivity contribution >= 4 is 34.5 Å². The van der Waals surface area contributed by atoms with E-state index in [0.29, 0.717) is 29.1 Å². The molecule has 39 heavy (non-hydrogen) atoms. The first-order valence-corrected chi connectivity index (χ1v) is 13.8. The number of piperidine rings is 1. The standard InChI is InChI=1S/C31H32N6O2/c32-28-10-9-26(30(38)35-23-7-11-29(34-19-23)31(39)37-14-4-5-15-37)27-17-21(6-8-25(27)28)22-16-24(20-33-18-22)36-12-2-1-3-13-36/h6-9,11,16-20,32H,1-5,10,12-15H2,(H,35,38). The Morgan fingerprint density at radius 1 is 0.821 bits per heavy atom. The van der Waals surface area contributed by atoms with Crippen LogP contribution in [-0.2, 0) is 4.79 Å². The first kappa shape index (κ1) is 25.0. The number of pyridine rings is 2. The Bertz CT molecular complexity index is 1450. The van der Waals surface area contributed by atoms with Crippen LogP contribution < -0.4 is 10.2 Å². The third-order valence-electron chi connectivity index (χ3n) is 7.80. The van der Waals surface area contributed by atoms with Gasteiger partial charge in [0.15, 0.2) is 0 Å². The molecule has 2 aromatic heterocycles. The number of rotatable bonds is 5. The SMILES string of the molecule is N=C1CC=C(C(=O)Nc2ccc(C(=O)N3CCCC3)nc2)c2cc(-c3cncc(N4CCCCC4)c3)ccc21. The minimum atomic E-state index is -0.262. The predicted molar refractivity (Wildman–Crippen MR) is 153 cm³/mol. The molecule has 8 nitrogen and oxygen atoms in total. The van der Waals surface area contributed by atoms with Gasteiger partial charge in [-0.3, -0.25) is 14.6 Å². The van der Waals surface area contributed by atoms with Gasteiger partial charge in [0.25, 0.3) is 11.8 Å². The van der Waals surface area contributed by atoms with Crippen molar-refractivity contribution in [1.29, 1.82) is 5.41 Å². The molecule has 0 unspecified atom stereocenters. The van der Waals surface area contributed by atoms with Gasteiger partial charge in [-0.15, -0.1) is 0 Å². The van der Waals surface area contributed by atoms with Gasteiger partial charge in [0.1, 0.15) is 5.69 Å². The smallest absolute Gasteiger partial charge is 0.272 e. The number of hydrogen-bond donors (Lipinski definition) is 2. The molecule has 3 aliphatic rings. The second-order valence-corrected chi connectivity index (χ2v) is 10.4. The number of carbonyl (C=O) groups excluding carboxylic acids is 2. The second kappa shape index (κ2) is 10.8. The summed E-state index contributed by atoms with van der Waals surface area (Å²) >= 11 is 0. The summed E-state index contributed by atoms with van der Waals surface area (Å²) in [7, 11) is 0. The van der Waals surface area contributed by atoms with Crippen LogP contribution >= 0.6 is 0 Å². The zero-order chi connectivity index (χ0) is 26.8. The zero-order valence-corrected chi connectivity index (χ0v) is 21.9. The van der Waals surface area contributed by atoms with E-state index in [2.05, 4.69) is 26.3 Å². The molecule has 2 saturated heterocycles. The van der Waals surface area contributed by atoms with Crippen molar-refractivity contribution < 1.29 is 9.59 Å². The fourth-order valence-electron chi connectivity index (χ4n) is 5.63. The van der Waals surface area contributed by atoms with Crippen molar-refractivity contribution in [3.8, 4) is 11.1 Å². The number of amides is 2. The van der Waals surface area contributed by atoms with E-state index in [-0.39, 0.29) is 11.8 Å². The average molecular weight is 521 g/mol. The van der Waals surface area contributed by atoms with Gasteiger partial charge in [-0.05, 0) is 67.5 Å². The van der Waals surface area contributed by atoms with Crippen LogP contribution in [0, 0.1) is 5.41 Å². The van der Waals surface area contributed by atoms with Crippen LogP contribution in [0.3, 0.4) is 0 Å². The van der Waals surface area contributed by atoms with E-state index >= 15 is 0 Å². The Kier molecular flexibility index (Phi) is 6.92. The monoisotopic (exact) mass is 520 g/mol. The van der Waals surface area contributed by atoms with Crippen molar-refractivity contribution in [2.75, 3.05) is 36.4 Å². The molecule has 4 heterocycles. The van der Waals surface area contributed by atoms with Gasteiger partial charge in [-0.1, -0.05) is 18.2 Å². The average Bonchev–Trinajstić information content (AvgIpc) is 3.53. The fourth-order valence-corrected chi connectivity index (χ4v) is 5.63. The first-order valence-electron chi connectivity index (χ1n) is 13.8. The number of nitrogens with one attached hydrogen (secondary N) is 2. The summed E-state index contributed by atoms with van der Waals surface area (Å²) in [5.74, 6) is -0.333. The maximum atomic E-state index is 13.4. The van der Waals surface area contributed by atoms with Gasteiger partial charge < -0.3 is 20.5 Å². The molecule has 3 aromatic rings. The van der Waals surface area contributed by atoms with Crippen LogP contribution in [0.4, 0.5) is 11.4 Å². The van der Waals surface area contributed by atoms with Crippen LogP contribution in [0.1, 0.15) is 60.1 Å². The largest absolute Gasteiger partial charge is 0.370 e. The highest BCUT2D eigenvalue weighted by Crippen LogP contribution is 2.33. The fraction of sp³-hybridized carbons (Fsp3) is 0.323. The molecule has 8 heteroatoms. The van der Waals surface area contributed by atoms with Gasteiger partial charge in [-0.2, -0.15) is 0 Å². The minimum absolute atomic E-state index is 0.0702. The van der Waals surface area contributed by atoms with E-state index in [1.807, 2.05) is 41.6 Å². The minimum Gasteiger partial charge on any atom is -0.370 e. The van der Waals surface area contributed by atoms with Crippen molar-refractivity contribution in [2.24, 2.45) is 0 Å². The molecule has 2 amide bonds. The Morgan fingerprint density at radius 2 is 1.62 bits per heavy atom. The molecule has 2 fully saturated rings. The first-order chi connectivity index (χ1) is 19.1. The number of benzene rings is 1. The van der Waals surface area contributed by atoms with Crippen LogP contribution in [0.25, 0.3) is 16.7 Å². The highest BCUT2D eigenvalue weighted by Gasteiger charge is 2.24. The maximum absolute atomic E-state index is 13.4. The summed E-state index contributed by atoms with van der Waals surface area (Å²) < 4.78 is 0. The van der Waals surface area contributed by atoms with Crippen molar-refractivity contribution in [1.82, 2.24) is 14.9 Å². The maximum Gasteiger partial charge on any atom is 0.272 e. The number of likely N-dealkylation sites (tertiary alicyclic amines) is 1. The molecule has 198 valence electrons. The van der Waals surface area contributed by atoms with Crippen LogP contribution in [0.2, 0.25) is 0 Å². The normalized spacial score (nSPS) is 17.0. The number of allylic oxidation sites excluding steroid dienone is 1. The zero-order valence-electron chi connectivity index (χ0n) is 21.9. The third-order valence-corrected chi connectivity index (χ3v) is 7.80. The van der Waals surface area contributed by atoms with E-state index in [9.17, 15) is 9.59 Å². The highest BCUT2D eigenvalue weighted by molar-refractivity contribution is 6.29. The van der Waals surface area contributed by atoms with Crippen molar-refractivity contribution in [3.63, 3.8) is 0 Å². The number of hydrogen-bond acceptors (Lipinski definition) is 6. The molecule has 0 spiro atoms. The molecule has 0 radical (unpaired) electrons. The molecular formula is C31H32N6O2. The summed E-state index contributed by atoms with van der Waals surface area (Å²) in [5.41, 5.74) is 6.48. The predicted octanol–water partition coefficient (Wildman–Crippen LogP) is 5.16. The van der Waals surface area contributed by atoms with Gasteiger partial charge in [0, 0.05) is 61.2 Å². The number of anilines is 2. The highest BCUT2D eigenvalue weighted by atomic mass is 16.2. The van der Waals surface area contributed by atoms with E-state index in [0.717, 1.165) is 67.0 Å². The molecule has 0 bridgehead atoms. The number of carbonyl (C=O) groups is 2. The summed E-state index contributed by atoms with van der Waals surface area (Å²) in [5, 5.41) is 11.4. The van der Waals surface area contributed by atoms with E-state index < -0.39 is 0 Å². The van der Waals surface area contributed by atoms with Crippen LogP contribution in [0.15, 0.2) is 61.1 Å². The Hall–Kier alpha value is -4.33. The van der Waals surface area contributed by atoms with Crippen molar-refractivity contribution in [3.05, 3.63) is 77.9 Å². The Balaban J connectivity index is 1.23. The lowest BCUT2D eigenvalue weighted by molar-refractivity contribution is -0.111. The Labute approximate surface area is 228 Å². The lowest BCUT2D eigenvalue weighted by atomic mass is 9.86. The summed E-state index contributed by atoms with van der Waals surface area (Å²) in [4.78, 5) is 39.0. The lowest BCUT2D eigenvalue weighted by Crippen LogP contribution is -2.29. The summed E-state index contributed by atoms with van der Waals surface area (Å²) in [6.07, 6.45) is 13.2. The summed E-state index contributed by atoms with van der Waals surface area (Å²) in [6, 6.07) is 11.5. The Morgan fingerprint density at radius 3 is 2.38 bits per heavy atom. The molecular weight excluding hydrogens is 488 g/mol. The van der Waals surface area contributed by atoms with Gasteiger partial charge in [0.05, 0.1) is 23.8 Å². The lowest BCUT2D eigenvalue weighted by Gasteiger charge is -2.28. The van der Waals surface area contributed by atoms with E-state index in [1.54, 1.807) is 12.1 Å². The molecule has 6 rings (SSSR count). The summed E-state index contributed by atoms with van der Waals surface area (Å²) in [6.45, 7) is 3.62. The van der Waals surface area contributed by atoms with Crippen molar-refractivity contribution in [2.45, 2.75) is 38.5 Å². The second-order valence-electron chi connectivity index (χ2n) is 10.4.